The van der Waals surface area contributed by atoms with Gasteiger partial charge in [0, 0.05) is 6.42 Å². The molecule has 0 amide bonds. The van der Waals surface area contributed by atoms with E-state index in [1.54, 1.807) is 12.1 Å². The van der Waals surface area contributed by atoms with Crippen molar-refractivity contribution in [3.8, 4) is 5.75 Å². The molecule has 2 fully saturated rings. The van der Waals surface area contributed by atoms with Crippen molar-refractivity contribution >= 4 is 5.97 Å². The molecule has 0 bridgehead atoms. The molecule has 2 aliphatic rings. The zero-order valence-corrected chi connectivity index (χ0v) is 16.9. The highest BCUT2D eigenvalue weighted by Crippen LogP contribution is 2.44. The van der Waals surface area contributed by atoms with E-state index in [2.05, 4.69) is 10.8 Å². The second kappa shape index (κ2) is 10.7. The number of rotatable bonds is 8. The number of ether oxygens (including phenoxy) is 1. The van der Waals surface area contributed by atoms with Crippen LogP contribution in [0.2, 0.25) is 0 Å². The number of halogens is 2. The molecule has 0 radical (unpaired) electrons. The lowest BCUT2D eigenvalue weighted by molar-refractivity contribution is -0.136. The maximum absolute atomic E-state index is 12.3. The van der Waals surface area contributed by atoms with Crippen LogP contribution in [0.5, 0.6) is 5.75 Å². The third kappa shape index (κ3) is 6.83. The highest BCUT2D eigenvalue weighted by Gasteiger charge is 2.30. The van der Waals surface area contributed by atoms with E-state index < -0.39 is 12.6 Å². The summed E-state index contributed by atoms with van der Waals surface area (Å²) < 4.78 is 29.0. The van der Waals surface area contributed by atoms with Gasteiger partial charge in [-0.25, -0.2) is 0 Å². The Balaban J connectivity index is 1.39. The van der Waals surface area contributed by atoms with Crippen LogP contribution < -0.4 is 4.74 Å². The second-order valence-corrected chi connectivity index (χ2v) is 8.59. The average molecular weight is 407 g/mol. The van der Waals surface area contributed by atoms with E-state index in [1.165, 1.54) is 56.9 Å². The standard InChI is InChI=1S/C24H32F2O3/c25-24(26)29-22-15-13-21(14-16-22)20-11-9-19(10-12-20)18-7-5-17(6-8-18)3-1-2-4-23(27)28/h1,3,13-20,24H,2,4-12H2,(H,27,28). The molecule has 29 heavy (non-hydrogen) atoms. The van der Waals surface area contributed by atoms with Crippen LogP contribution in [0, 0.1) is 17.8 Å². The van der Waals surface area contributed by atoms with Gasteiger partial charge < -0.3 is 9.84 Å². The number of benzene rings is 1. The molecule has 5 heteroatoms. The second-order valence-electron chi connectivity index (χ2n) is 8.59. The van der Waals surface area contributed by atoms with Crippen LogP contribution in [0.3, 0.4) is 0 Å². The fourth-order valence-corrected chi connectivity index (χ4v) is 5.15. The molecule has 2 aliphatic carbocycles. The normalized spacial score (nSPS) is 28.0. The Labute approximate surface area is 172 Å². The zero-order valence-electron chi connectivity index (χ0n) is 16.9. The Kier molecular flexibility index (Phi) is 8.08. The van der Waals surface area contributed by atoms with E-state index in [-0.39, 0.29) is 12.2 Å². The SMILES string of the molecule is O=C(O)CCC=CC1CCC(C2CCC(c3ccc(OC(F)F)cc3)CC2)CC1. The van der Waals surface area contributed by atoms with Crippen molar-refractivity contribution in [2.24, 2.45) is 17.8 Å². The van der Waals surface area contributed by atoms with Gasteiger partial charge in [-0.2, -0.15) is 8.78 Å². The molecule has 0 aromatic heterocycles. The summed E-state index contributed by atoms with van der Waals surface area (Å²) in [5.74, 6) is 2.27. The number of hydrogen-bond donors (Lipinski definition) is 1. The van der Waals surface area contributed by atoms with Gasteiger partial charge in [0.2, 0.25) is 0 Å². The molecule has 0 saturated heterocycles. The molecule has 3 rings (SSSR count). The quantitative estimate of drug-likeness (QED) is 0.484. The third-order valence-corrected chi connectivity index (χ3v) is 6.76. The molecule has 3 nitrogen and oxygen atoms in total. The topological polar surface area (TPSA) is 46.5 Å². The van der Waals surface area contributed by atoms with Crippen molar-refractivity contribution in [1.29, 1.82) is 0 Å². The van der Waals surface area contributed by atoms with E-state index in [0.29, 0.717) is 18.3 Å². The van der Waals surface area contributed by atoms with Crippen molar-refractivity contribution in [2.45, 2.75) is 76.7 Å². The van der Waals surface area contributed by atoms with Crippen molar-refractivity contribution < 1.29 is 23.4 Å². The van der Waals surface area contributed by atoms with Crippen LogP contribution >= 0.6 is 0 Å². The Morgan fingerprint density at radius 2 is 1.59 bits per heavy atom. The smallest absolute Gasteiger partial charge is 0.387 e. The fourth-order valence-electron chi connectivity index (χ4n) is 5.15. The minimum atomic E-state index is -2.77. The molecule has 0 heterocycles. The van der Waals surface area contributed by atoms with Crippen molar-refractivity contribution in [3.05, 3.63) is 42.0 Å². The highest BCUT2D eigenvalue weighted by molar-refractivity contribution is 5.66. The molecule has 160 valence electrons. The molecular weight excluding hydrogens is 374 g/mol. The lowest BCUT2D eigenvalue weighted by Crippen LogP contribution is -2.25. The third-order valence-electron chi connectivity index (χ3n) is 6.76. The number of allylic oxidation sites excluding steroid dienone is 2. The van der Waals surface area contributed by atoms with E-state index in [1.807, 2.05) is 18.2 Å². The predicted molar refractivity (Wildman–Crippen MR) is 109 cm³/mol. The first kappa shape index (κ1) is 21.8. The summed E-state index contributed by atoms with van der Waals surface area (Å²) >= 11 is 0. The number of aliphatic carboxylic acids is 1. The Bertz CT molecular complexity index is 655. The zero-order chi connectivity index (χ0) is 20.6. The molecule has 1 aromatic carbocycles. The lowest BCUT2D eigenvalue weighted by Gasteiger charge is -2.37. The van der Waals surface area contributed by atoms with Crippen molar-refractivity contribution in [2.75, 3.05) is 0 Å². The van der Waals surface area contributed by atoms with Gasteiger partial charge in [0.05, 0.1) is 0 Å². The van der Waals surface area contributed by atoms with Crippen LogP contribution in [0.4, 0.5) is 8.78 Å². The van der Waals surface area contributed by atoms with Gasteiger partial charge in [0.1, 0.15) is 5.75 Å². The van der Waals surface area contributed by atoms with Crippen molar-refractivity contribution in [1.82, 2.24) is 0 Å². The summed E-state index contributed by atoms with van der Waals surface area (Å²) in [6, 6.07) is 7.17. The minimum Gasteiger partial charge on any atom is -0.481 e. The number of hydrogen-bond acceptors (Lipinski definition) is 2. The molecule has 0 unspecified atom stereocenters. The first-order chi connectivity index (χ1) is 14.0. The Morgan fingerprint density at radius 1 is 1.00 bits per heavy atom. The number of carboxylic acids is 1. The summed E-state index contributed by atoms with van der Waals surface area (Å²) in [6.07, 6.45) is 15.0. The average Bonchev–Trinajstić information content (AvgIpc) is 2.72. The van der Waals surface area contributed by atoms with Gasteiger partial charge in [-0.3, -0.25) is 4.79 Å². The molecule has 1 aromatic rings. The summed E-state index contributed by atoms with van der Waals surface area (Å²) in [7, 11) is 0. The van der Waals surface area contributed by atoms with Gasteiger partial charge in [0.15, 0.2) is 0 Å². The molecule has 2 saturated carbocycles. The Hall–Kier alpha value is -1.91. The fraction of sp³-hybridized carbons (Fsp3) is 0.625. The van der Waals surface area contributed by atoms with Gasteiger partial charge in [-0.05, 0) is 99.2 Å². The Morgan fingerprint density at radius 3 is 2.14 bits per heavy atom. The summed E-state index contributed by atoms with van der Waals surface area (Å²) in [5.41, 5.74) is 1.24. The number of alkyl halides is 2. The summed E-state index contributed by atoms with van der Waals surface area (Å²) in [5, 5.41) is 8.70. The van der Waals surface area contributed by atoms with Crippen LogP contribution in [0.1, 0.15) is 75.7 Å². The van der Waals surface area contributed by atoms with E-state index in [0.717, 1.165) is 11.8 Å². The van der Waals surface area contributed by atoms with E-state index >= 15 is 0 Å². The van der Waals surface area contributed by atoms with Crippen LogP contribution in [0.25, 0.3) is 0 Å². The van der Waals surface area contributed by atoms with Gasteiger partial charge >= 0.3 is 12.6 Å². The van der Waals surface area contributed by atoms with E-state index in [4.69, 9.17) is 5.11 Å². The van der Waals surface area contributed by atoms with Gasteiger partial charge in [-0.15, -0.1) is 0 Å². The van der Waals surface area contributed by atoms with Crippen LogP contribution in [0.15, 0.2) is 36.4 Å². The number of carbonyl (C=O) groups is 1. The first-order valence-corrected chi connectivity index (χ1v) is 10.9. The lowest BCUT2D eigenvalue weighted by atomic mass is 9.68. The molecule has 0 atom stereocenters. The molecule has 1 N–H and O–H groups in total. The highest BCUT2D eigenvalue weighted by atomic mass is 19.3. The molecule has 0 aliphatic heterocycles. The van der Waals surface area contributed by atoms with E-state index in [9.17, 15) is 13.6 Å². The van der Waals surface area contributed by atoms with Gasteiger partial charge in [-0.1, -0.05) is 24.3 Å². The minimum absolute atomic E-state index is 0.219. The maximum Gasteiger partial charge on any atom is 0.387 e. The van der Waals surface area contributed by atoms with Crippen molar-refractivity contribution in [3.63, 3.8) is 0 Å². The van der Waals surface area contributed by atoms with Gasteiger partial charge in [0.25, 0.3) is 0 Å². The first-order valence-electron chi connectivity index (χ1n) is 10.9. The maximum atomic E-state index is 12.3. The summed E-state index contributed by atoms with van der Waals surface area (Å²) in [6.45, 7) is -2.77. The largest absolute Gasteiger partial charge is 0.481 e. The molecular formula is C24H32F2O3. The predicted octanol–water partition coefficient (Wildman–Crippen LogP) is 6.79. The van der Waals surface area contributed by atoms with Crippen LogP contribution in [-0.4, -0.2) is 17.7 Å². The summed E-state index contributed by atoms with van der Waals surface area (Å²) in [4.78, 5) is 10.6. The van der Waals surface area contributed by atoms with Crippen LogP contribution in [-0.2, 0) is 4.79 Å². The monoisotopic (exact) mass is 406 g/mol. The molecule has 0 spiro atoms. The number of carboxylic acid groups (broad SMARTS) is 1.